The predicted octanol–water partition coefficient (Wildman–Crippen LogP) is 4.01. The van der Waals surface area contributed by atoms with Crippen LogP contribution in [0.2, 0.25) is 0 Å². The molecule has 3 rings (SSSR count). The quantitative estimate of drug-likeness (QED) is 0.467. The van der Waals surface area contributed by atoms with E-state index in [2.05, 4.69) is 10.6 Å². The highest BCUT2D eigenvalue weighted by Gasteiger charge is 2.20. The lowest BCUT2D eigenvalue weighted by Crippen LogP contribution is -2.14. The maximum absolute atomic E-state index is 12.4. The SMILES string of the molecule is O=C(Nc1ccccc1)c1ccc(NC(=O)c2cc([N+](=O)[O-])cc([N+](=O)[O-])c2)cc1. The Hall–Kier alpha value is -4.60. The van der Waals surface area contributed by atoms with Gasteiger partial charge in [0.2, 0.25) is 0 Å². The van der Waals surface area contributed by atoms with Crippen LogP contribution in [0.1, 0.15) is 20.7 Å². The first-order valence-corrected chi connectivity index (χ1v) is 8.55. The number of hydrogen-bond donors (Lipinski definition) is 2. The second-order valence-corrected chi connectivity index (χ2v) is 6.10. The number of benzene rings is 3. The summed E-state index contributed by atoms with van der Waals surface area (Å²) in [4.78, 5) is 44.9. The van der Waals surface area contributed by atoms with Crippen molar-refractivity contribution in [1.29, 1.82) is 0 Å². The summed E-state index contributed by atoms with van der Waals surface area (Å²) in [7, 11) is 0. The average Bonchev–Trinajstić information content (AvgIpc) is 2.74. The molecule has 3 aromatic rings. The van der Waals surface area contributed by atoms with Crippen molar-refractivity contribution in [3.63, 3.8) is 0 Å². The van der Waals surface area contributed by atoms with Gasteiger partial charge in [0, 0.05) is 29.1 Å². The number of carbonyl (C=O) groups is 2. The van der Waals surface area contributed by atoms with Gasteiger partial charge in [-0.25, -0.2) is 0 Å². The summed E-state index contributed by atoms with van der Waals surface area (Å²) in [5, 5.41) is 27.1. The van der Waals surface area contributed by atoms with Crippen molar-refractivity contribution < 1.29 is 19.4 Å². The number of amides is 2. The van der Waals surface area contributed by atoms with Gasteiger partial charge in [-0.3, -0.25) is 29.8 Å². The topological polar surface area (TPSA) is 144 Å². The largest absolute Gasteiger partial charge is 0.322 e. The van der Waals surface area contributed by atoms with Crippen molar-refractivity contribution in [2.75, 3.05) is 10.6 Å². The van der Waals surface area contributed by atoms with Crippen LogP contribution in [0.3, 0.4) is 0 Å². The van der Waals surface area contributed by atoms with Gasteiger partial charge < -0.3 is 10.6 Å². The van der Waals surface area contributed by atoms with Crippen LogP contribution in [0.25, 0.3) is 0 Å². The summed E-state index contributed by atoms with van der Waals surface area (Å²) >= 11 is 0. The van der Waals surface area contributed by atoms with Crippen LogP contribution in [0.15, 0.2) is 72.8 Å². The first-order chi connectivity index (χ1) is 14.3. The number of nitro groups is 2. The van der Waals surface area contributed by atoms with Crippen molar-refractivity contribution >= 4 is 34.6 Å². The number of hydrogen-bond acceptors (Lipinski definition) is 6. The molecule has 0 atom stereocenters. The highest BCUT2D eigenvalue weighted by molar-refractivity contribution is 6.06. The molecular formula is C20H14N4O6. The van der Waals surface area contributed by atoms with Gasteiger partial charge in [-0.15, -0.1) is 0 Å². The molecule has 0 spiro atoms. The van der Waals surface area contributed by atoms with Crippen LogP contribution in [-0.4, -0.2) is 21.7 Å². The molecule has 0 aromatic heterocycles. The van der Waals surface area contributed by atoms with Gasteiger partial charge in [0.15, 0.2) is 0 Å². The van der Waals surface area contributed by atoms with Gasteiger partial charge in [0.1, 0.15) is 0 Å². The normalized spacial score (nSPS) is 10.1. The Bertz CT molecular complexity index is 1100. The fourth-order valence-corrected chi connectivity index (χ4v) is 2.57. The molecule has 30 heavy (non-hydrogen) atoms. The molecule has 0 saturated carbocycles. The standard InChI is InChI=1S/C20H14N4O6/c25-19(21-15-4-2-1-3-5-15)13-6-8-16(9-7-13)22-20(26)14-10-17(23(27)28)12-18(11-14)24(29)30/h1-12H,(H,21,25)(H,22,26). The Morgan fingerprint density at radius 2 is 1.10 bits per heavy atom. The highest BCUT2D eigenvalue weighted by atomic mass is 16.6. The molecule has 2 N–H and O–H groups in total. The van der Waals surface area contributed by atoms with Gasteiger partial charge in [-0.1, -0.05) is 18.2 Å². The fraction of sp³-hybridized carbons (Fsp3) is 0. The lowest BCUT2D eigenvalue weighted by molar-refractivity contribution is -0.394. The summed E-state index contributed by atoms with van der Waals surface area (Å²) in [5.74, 6) is -1.10. The number of para-hydroxylation sites is 1. The molecule has 3 aromatic carbocycles. The second-order valence-electron chi connectivity index (χ2n) is 6.10. The molecular weight excluding hydrogens is 392 g/mol. The number of carbonyl (C=O) groups excluding carboxylic acids is 2. The molecule has 0 heterocycles. The van der Waals surface area contributed by atoms with E-state index in [4.69, 9.17) is 0 Å². The number of non-ortho nitro benzene ring substituents is 2. The van der Waals surface area contributed by atoms with E-state index in [1.807, 2.05) is 6.07 Å². The Morgan fingerprint density at radius 3 is 1.60 bits per heavy atom. The van der Waals surface area contributed by atoms with Crippen molar-refractivity contribution in [3.05, 3.63) is 104 Å². The van der Waals surface area contributed by atoms with Crippen LogP contribution in [0.4, 0.5) is 22.7 Å². The maximum Gasteiger partial charge on any atom is 0.277 e. The van der Waals surface area contributed by atoms with Crippen LogP contribution in [0, 0.1) is 20.2 Å². The van der Waals surface area contributed by atoms with E-state index in [0.717, 1.165) is 18.2 Å². The minimum absolute atomic E-state index is 0.234. The van der Waals surface area contributed by atoms with E-state index in [9.17, 15) is 29.8 Å². The van der Waals surface area contributed by atoms with E-state index in [0.29, 0.717) is 16.9 Å². The Morgan fingerprint density at radius 1 is 0.633 bits per heavy atom. The van der Waals surface area contributed by atoms with Crippen molar-refractivity contribution in [3.8, 4) is 0 Å². The van der Waals surface area contributed by atoms with Gasteiger partial charge in [-0.2, -0.15) is 0 Å². The fourth-order valence-electron chi connectivity index (χ4n) is 2.57. The molecule has 150 valence electrons. The molecule has 0 saturated heterocycles. The summed E-state index contributed by atoms with van der Waals surface area (Å²) in [5.41, 5.74) is -0.0771. The van der Waals surface area contributed by atoms with Gasteiger partial charge in [-0.05, 0) is 36.4 Å². The van der Waals surface area contributed by atoms with Crippen LogP contribution in [-0.2, 0) is 0 Å². The second kappa shape index (κ2) is 8.61. The Balaban J connectivity index is 1.74. The highest BCUT2D eigenvalue weighted by Crippen LogP contribution is 2.23. The molecule has 0 fully saturated rings. The average molecular weight is 406 g/mol. The molecule has 0 unspecified atom stereocenters. The predicted molar refractivity (Wildman–Crippen MR) is 109 cm³/mol. The zero-order valence-corrected chi connectivity index (χ0v) is 15.3. The minimum Gasteiger partial charge on any atom is -0.322 e. The zero-order chi connectivity index (χ0) is 21.7. The van der Waals surface area contributed by atoms with Crippen LogP contribution >= 0.6 is 0 Å². The van der Waals surface area contributed by atoms with Crippen LogP contribution < -0.4 is 10.6 Å². The lowest BCUT2D eigenvalue weighted by Gasteiger charge is -2.08. The third-order valence-electron chi connectivity index (χ3n) is 4.02. The first-order valence-electron chi connectivity index (χ1n) is 8.55. The molecule has 0 radical (unpaired) electrons. The molecule has 0 aliphatic heterocycles. The lowest BCUT2D eigenvalue weighted by atomic mass is 10.1. The van der Waals surface area contributed by atoms with E-state index in [-0.39, 0.29) is 11.5 Å². The van der Waals surface area contributed by atoms with E-state index in [1.54, 1.807) is 24.3 Å². The maximum atomic E-state index is 12.4. The van der Waals surface area contributed by atoms with Gasteiger partial charge in [0.05, 0.1) is 21.5 Å². The van der Waals surface area contributed by atoms with E-state index in [1.165, 1.54) is 24.3 Å². The third kappa shape index (κ3) is 4.81. The van der Waals surface area contributed by atoms with Gasteiger partial charge >= 0.3 is 0 Å². The zero-order valence-electron chi connectivity index (χ0n) is 15.3. The Kier molecular flexibility index (Phi) is 5.78. The minimum atomic E-state index is -0.816. The first kappa shape index (κ1) is 20.1. The van der Waals surface area contributed by atoms with Crippen molar-refractivity contribution in [1.82, 2.24) is 0 Å². The molecule has 0 aliphatic carbocycles. The summed E-state index contributed by atoms with van der Waals surface area (Å²) in [6.07, 6.45) is 0. The van der Waals surface area contributed by atoms with Gasteiger partial charge in [0.25, 0.3) is 23.2 Å². The number of nitrogens with zero attached hydrogens (tertiary/aromatic N) is 2. The van der Waals surface area contributed by atoms with Crippen molar-refractivity contribution in [2.24, 2.45) is 0 Å². The summed E-state index contributed by atoms with van der Waals surface area (Å²) < 4.78 is 0. The molecule has 0 aliphatic rings. The van der Waals surface area contributed by atoms with Crippen LogP contribution in [0.5, 0.6) is 0 Å². The smallest absolute Gasteiger partial charge is 0.277 e. The van der Waals surface area contributed by atoms with E-state index < -0.39 is 27.1 Å². The van der Waals surface area contributed by atoms with Crippen molar-refractivity contribution in [2.45, 2.75) is 0 Å². The number of anilines is 2. The van der Waals surface area contributed by atoms with E-state index >= 15 is 0 Å². The Labute approximate surface area is 169 Å². The number of rotatable bonds is 6. The monoisotopic (exact) mass is 406 g/mol. The number of nitro benzene ring substituents is 2. The summed E-state index contributed by atoms with van der Waals surface area (Å²) in [6, 6.07) is 17.5. The summed E-state index contributed by atoms with van der Waals surface area (Å²) in [6.45, 7) is 0. The molecule has 2 amide bonds. The molecule has 10 nitrogen and oxygen atoms in total. The number of nitrogens with one attached hydrogen (secondary N) is 2. The molecule has 0 bridgehead atoms. The molecule has 10 heteroatoms. The third-order valence-corrected chi connectivity index (χ3v) is 4.02.